The number of methoxy groups -OCH3 is 1. The second-order valence-corrected chi connectivity index (χ2v) is 5.90. The molecule has 1 aliphatic heterocycles. The monoisotopic (exact) mass is 308 g/mol. The van der Waals surface area contributed by atoms with Crippen LogP contribution >= 0.6 is 11.8 Å². The summed E-state index contributed by atoms with van der Waals surface area (Å²) in [7, 11) is 1.66. The van der Waals surface area contributed by atoms with Crippen molar-refractivity contribution < 1.29 is 14.3 Å². The fourth-order valence-electron chi connectivity index (χ4n) is 2.00. The van der Waals surface area contributed by atoms with Crippen molar-refractivity contribution in [1.29, 1.82) is 0 Å². The zero-order valence-corrected chi connectivity index (χ0v) is 13.3. The van der Waals surface area contributed by atoms with Crippen molar-refractivity contribution in [2.75, 3.05) is 18.3 Å². The van der Waals surface area contributed by atoms with Crippen molar-refractivity contribution >= 4 is 28.4 Å². The van der Waals surface area contributed by atoms with Crippen LogP contribution in [-0.4, -0.2) is 25.2 Å². The minimum Gasteiger partial charge on any atom is -0.447 e. The molecule has 0 spiro atoms. The predicted octanol–water partition coefficient (Wildman–Crippen LogP) is 3.38. The van der Waals surface area contributed by atoms with E-state index >= 15 is 0 Å². The van der Waals surface area contributed by atoms with E-state index in [-0.39, 0.29) is 6.10 Å². The number of rotatable bonds is 5. The number of hydrogen-bond donors (Lipinski definition) is 2. The van der Waals surface area contributed by atoms with Gasteiger partial charge in [-0.2, -0.15) is 0 Å². The Morgan fingerprint density at radius 3 is 2.90 bits per heavy atom. The molecule has 0 aromatic heterocycles. The minimum atomic E-state index is -0.447. The topological polar surface area (TPSA) is 59.6 Å². The van der Waals surface area contributed by atoms with Gasteiger partial charge in [0.1, 0.15) is 0 Å². The lowest BCUT2D eigenvalue weighted by atomic mass is 10.1. The van der Waals surface area contributed by atoms with Crippen LogP contribution < -0.4 is 10.6 Å². The van der Waals surface area contributed by atoms with Gasteiger partial charge in [-0.05, 0) is 37.1 Å². The second-order valence-electron chi connectivity index (χ2n) is 4.89. The van der Waals surface area contributed by atoms with Gasteiger partial charge in [-0.1, -0.05) is 6.07 Å². The summed E-state index contributed by atoms with van der Waals surface area (Å²) < 4.78 is 10.3. The summed E-state index contributed by atoms with van der Waals surface area (Å²) in [5.74, 6) is 0.877. The van der Waals surface area contributed by atoms with Crippen molar-refractivity contribution in [3.63, 3.8) is 0 Å². The number of nitrogens with one attached hydrogen (secondary N) is 2. The molecule has 0 radical (unpaired) electrons. The van der Waals surface area contributed by atoms with Gasteiger partial charge in [-0.15, -0.1) is 11.8 Å². The van der Waals surface area contributed by atoms with E-state index in [4.69, 9.17) is 9.47 Å². The Kier molecular flexibility index (Phi) is 5.52. The van der Waals surface area contributed by atoms with E-state index in [0.717, 1.165) is 17.0 Å². The number of carbonyl (C=O) groups excluding carboxylic acids is 1. The molecule has 114 valence electrons. The summed E-state index contributed by atoms with van der Waals surface area (Å²) in [6.45, 7) is 4.12. The van der Waals surface area contributed by atoms with Crippen molar-refractivity contribution in [3.05, 3.63) is 35.5 Å². The summed E-state index contributed by atoms with van der Waals surface area (Å²) >= 11 is 1.75. The Balaban J connectivity index is 2.17. The molecule has 1 aliphatic rings. The first-order chi connectivity index (χ1) is 10.1. The molecule has 0 aliphatic carbocycles. The average Bonchev–Trinajstić information content (AvgIpc) is 2.92. The highest BCUT2D eigenvalue weighted by Crippen LogP contribution is 2.33. The molecule has 5 nitrogen and oxygen atoms in total. The molecule has 0 saturated carbocycles. The maximum absolute atomic E-state index is 11.6. The van der Waals surface area contributed by atoms with Crippen LogP contribution in [0.5, 0.6) is 0 Å². The van der Waals surface area contributed by atoms with Gasteiger partial charge in [-0.3, -0.25) is 5.32 Å². The highest BCUT2D eigenvalue weighted by atomic mass is 32.2. The van der Waals surface area contributed by atoms with Crippen molar-refractivity contribution in [2.45, 2.75) is 26.6 Å². The summed E-state index contributed by atoms with van der Waals surface area (Å²) in [4.78, 5) is 12.8. The normalized spacial score (nSPS) is 13.8. The summed E-state index contributed by atoms with van der Waals surface area (Å²) in [5.41, 5.74) is 2.85. The van der Waals surface area contributed by atoms with Crippen LogP contribution in [0, 0.1) is 0 Å². The van der Waals surface area contributed by atoms with Gasteiger partial charge < -0.3 is 14.8 Å². The van der Waals surface area contributed by atoms with E-state index in [0.29, 0.717) is 12.3 Å². The standard InChI is InChI=1S/C15H20N2O3S/c1-10(2)20-15(18)17-12-4-5-13(11(6-12)8-19-3)14-7-16-9-21-14/h4-7,10,16H,8-9H2,1-3H3,(H,17,18). The maximum Gasteiger partial charge on any atom is 0.411 e. The summed E-state index contributed by atoms with van der Waals surface area (Å²) in [5, 5.41) is 5.91. The Labute approximate surface area is 129 Å². The molecule has 0 fully saturated rings. The number of ether oxygens (including phenoxy) is 2. The fourth-order valence-corrected chi connectivity index (χ4v) is 2.84. The number of anilines is 1. The van der Waals surface area contributed by atoms with Gasteiger partial charge in [0.2, 0.25) is 0 Å². The minimum absolute atomic E-state index is 0.145. The maximum atomic E-state index is 11.6. The van der Waals surface area contributed by atoms with E-state index in [2.05, 4.69) is 10.6 Å². The number of hydrogen-bond acceptors (Lipinski definition) is 5. The molecule has 2 rings (SSSR count). The quantitative estimate of drug-likeness (QED) is 0.873. The van der Waals surface area contributed by atoms with Gasteiger partial charge in [-0.25, -0.2) is 4.79 Å². The van der Waals surface area contributed by atoms with E-state index in [9.17, 15) is 4.79 Å². The third-order valence-electron chi connectivity index (χ3n) is 2.80. The molecule has 1 aromatic carbocycles. The van der Waals surface area contributed by atoms with Gasteiger partial charge in [0.05, 0.1) is 18.6 Å². The van der Waals surface area contributed by atoms with Crippen LogP contribution in [0.15, 0.2) is 24.4 Å². The predicted molar refractivity (Wildman–Crippen MR) is 86.0 cm³/mol. The lowest BCUT2D eigenvalue weighted by Gasteiger charge is -2.13. The van der Waals surface area contributed by atoms with E-state index in [1.165, 1.54) is 4.91 Å². The molecular formula is C15H20N2O3S. The first-order valence-electron chi connectivity index (χ1n) is 6.76. The van der Waals surface area contributed by atoms with E-state index in [1.807, 2.05) is 38.2 Å². The Bertz CT molecular complexity index is 544. The van der Waals surface area contributed by atoms with Crippen LogP contribution in [0.25, 0.3) is 4.91 Å². The van der Waals surface area contributed by atoms with Crippen LogP contribution in [-0.2, 0) is 16.1 Å². The zero-order valence-electron chi connectivity index (χ0n) is 12.4. The van der Waals surface area contributed by atoms with Gasteiger partial charge in [0.25, 0.3) is 0 Å². The number of thioether (sulfide) groups is 1. The Morgan fingerprint density at radius 2 is 2.29 bits per heavy atom. The van der Waals surface area contributed by atoms with E-state index < -0.39 is 6.09 Å². The number of amides is 1. The molecule has 0 saturated heterocycles. The largest absolute Gasteiger partial charge is 0.447 e. The van der Waals surface area contributed by atoms with Crippen LogP contribution in [0.2, 0.25) is 0 Å². The van der Waals surface area contributed by atoms with Gasteiger partial charge in [0, 0.05) is 23.9 Å². The number of benzene rings is 1. The molecule has 0 bridgehead atoms. The summed E-state index contributed by atoms with van der Waals surface area (Å²) in [6.07, 6.45) is 1.41. The molecular weight excluding hydrogens is 288 g/mol. The smallest absolute Gasteiger partial charge is 0.411 e. The summed E-state index contributed by atoms with van der Waals surface area (Å²) in [6, 6.07) is 5.78. The Morgan fingerprint density at radius 1 is 1.48 bits per heavy atom. The molecule has 2 N–H and O–H groups in total. The highest BCUT2D eigenvalue weighted by molar-refractivity contribution is 8.08. The SMILES string of the molecule is COCc1cc(NC(=O)OC(C)C)ccc1C1=CNCS1. The highest BCUT2D eigenvalue weighted by Gasteiger charge is 2.14. The van der Waals surface area contributed by atoms with Crippen molar-refractivity contribution in [2.24, 2.45) is 0 Å². The average molecular weight is 308 g/mol. The van der Waals surface area contributed by atoms with Crippen molar-refractivity contribution in [1.82, 2.24) is 5.32 Å². The molecule has 1 aromatic rings. The lowest BCUT2D eigenvalue weighted by molar-refractivity contribution is 0.130. The first kappa shape index (κ1) is 15.7. The second kappa shape index (κ2) is 7.38. The molecule has 0 unspecified atom stereocenters. The zero-order chi connectivity index (χ0) is 15.2. The molecule has 0 atom stereocenters. The third kappa shape index (κ3) is 4.41. The Hall–Kier alpha value is -1.66. The number of carbonyl (C=O) groups is 1. The molecule has 1 amide bonds. The van der Waals surface area contributed by atoms with Crippen LogP contribution in [0.3, 0.4) is 0 Å². The lowest BCUT2D eigenvalue weighted by Crippen LogP contribution is -2.18. The third-order valence-corrected chi connectivity index (χ3v) is 3.76. The van der Waals surface area contributed by atoms with E-state index in [1.54, 1.807) is 18.9 Å². The first-order valence-corrected chi connectivity index (χ1v) is 7.75. The molecule has 6 heteroatoms. The van der Waals surface area contributed by atoms with Crippen molar-refractivity contribution in [3.8, 4) is 0 Å². The fraction of sp³-hybridized carbons (Fsp3) is 0.400. The van der Waals surface area contributed by atoms with Crippen LogP contribution in [0.4, 0.5) is 10.5 Å². The van der Waals surface area contributed by atoms with Gasteiger partial charge >= 0.3 is 6.09 Å². The molecule has 1 heterocycles. The van der Waals surface area contributed by atoms with Crippen LogP contribution in [0.1, 0.15) is 25.0 Å². The molecule has 21 heavy (non-hydrogen) atoms. The van der Waals surface area contributed by atoms with Gasteiger partial charge in [0.15, 0.2) is 0 Å².